The molecule has 0 saturated heterocycles. The van der Waals surface area contributed by atoms with Crippen molar-refractivity contribution < 1.29 is 0 Å². The highest BCUT2D eigenvalue weighted by Crippen LogP contribution is 2.60. The van der Waals surface area contributed by atoms with E-state index in [0.29, 0.717) is 10.8 Å². The van der Waals surface area contributed by atoms with Gasteiger partial charge in [-0.1, -0.05) is 40.5 Å². The average Bonchev–Trinajstić information content (AvgIpc) is 2.42. The molecule has 0 aliphatic heterocycles. The molecule has 2 N–H and O–H groups in total. The average molecular weight is 292 g/mol. The highest BCUT2D eigenvalue weighted by atomic mass is 14.6. The molecular weight excluding hydrogens is 254 g/mol. The van der Waals surface area contributed by atoms with Crippen molar-refractivity contribution in [2.24, 2.45) is 46.2 Å². The maximum absolute atomic E-state index is 6.14. The van der Waals surface area contributed by atoms with Gasteiger partial charge in [-0.2, -0.15) is 0 Å². The third-order valence-electron chi connectivity index (χ3n) is 8.32. The summed E-state index contributed by atoms with van der Waals surface area (Å²) in [6.45, 7) is 11.2. The summed E-state index contributed by atoms with van der Waals surface area (Å²) >= 11 is 0. The van der Waals surface area contributed by atoms with Crippen molar-refractivity contribution >= 4 is 0 Å². The third-order valence-corrected chi connectivity index (χ3v) is 8.32. The van der Waals surface area contributed by atoms with Crippen LogP contribution in [0.3, 0.4) is 0 Å². The zero-order valence-corrected chi connectivity index (χ0v) is 14.8. The van der Waals surface area contributed by atoms with E-state index in [-0.39, 0.29) is 0 Å². The van der Waals surface area contributed by atoms with Crippen LogP contribution in [0.1, 0.15) is 79.1 Å². The topological polar surface area (TPSA) is 26.0 Å². The molecule has 0 aromatic heterocycles. The van der Waals surface area contributed by atoms with Crippen LogP contribution in [0.5, 0.6) is 0 Å². The van der Waals surface area contributed by atoms with Gasteiger partial charge in [0.15, 0.2) is 0 Å². The lowest BCUT2D eigenvalue weighted by Crippen LogP contribution is -2.49. The summed E-state index contributed by atoms with van der Waals surface area (Å²) in [7, 11) is 0. The van der Waals surface area contributed by atoms with Crippen LogP contribution in [-0.2, 0) is 0 Å². The fourth-order valence-corrected chi connectivity index (χ4v) is 6.73. The SMILES string of the molecule is C[C@@H]1CCC[C@@]2(C)CC[C@H]3[C@H](CN)CC[C@@H](C[C@H]12)C3(C)C. The van der Waals surface area contributed by atoms with Gasteiger partial charge in [0.05, 0.1) is 0 Å². The van der Waals surface area contributed by atoms with E-state index < -0.39 is 0 Å². The van der Waals surface area contributed by atoms with Crippen LogP contribution in [0.2, 0.25) is 0 Å². The van der Waals surface area contributed by atoms with E-state index in [2.05, 4.69) is 27.7 Å². The van der Waals surface area contributed by atoms with Gasteiger partial charge < -0.3 is 5.73 Å². The first-order valence-electron chi connectivity index (χ1n) is 9.58. The number of hydrogen-bond donors (Lipinski definition) is 1. The van der Waals surface area contributed by atoms with E-state index in [1.807, 2.05) is 0 Å². The Balaban J connectivity index is 1.90. The van der Waals surface area contributed by atoms with Crippen molar-refractivity contribution in [1.29, 1.82) is 0 Å². The van der Waals surface area contributed by atoms with Gasteiger partial charge in [-0.25, -0.2) is 0 Å². The second-order valence-electron chi connectivity index (χ2n) is 9.60. The molecule has 2 bridgehead atoms. The summed E-state index contributed by atoms with van der Waals surface area (Å²) in [6.07, 6.45) is 11.6. The highest BCUT2D eigenvalue weighted by molar-refractivity contribution is 5.01. The van der Waals surface area contributed by atoms with Gasteiger partial charge in [0.25, 0.3) is 0 Å². The van der Waals surface area contributed by atoms with Gasteiger partial charge >= 0.3 is 0 Å². The summed E-state index contributed by atoms with van der Waals surface area (Å²) in [5.74, 6) is 4.53. The molecule has 6 atom stereocenters. The third kappa shape index (κ3) is 2.58. The molecule has 122 valence electrons. The molecule has 1 heteroatoms. The number of rotatable bonds is 1. The molecule has 3 saturated carbocycles. The van der Waals surface area contributed by atoms with Crippen molar-refractivity contribution in [1.82, 2.24) is 0 Å². The van der Waals surface area contributed by atoms with Gasteiger partial charge in [0.1, 0.15) is 0 Å². The summed E-state index contributed by atoms with van der Waals surface area (Å²) in [5, 5.41) is 0. The van der Waals surface area contributed by atoms with E-state index in [1.54, 1.807) is 0 Å². The van der Waals surface area contributed by atoms with Crippen molar-refractivity contribution in [2.45, 2.75) is 79.1 Å². The van der Waals surface area contributed by atoms with Crippen LogP contribution in [0.25, 0.3) is 0 Å². The molecule has 0 aromatic rings. The monoisotopic (exact) mass is 291 g/mol. The zero-order valence-electron chi connectivity index (χ0n) is 14.8. The van der Waals surface area contributed by atoms with Crippen LogP contribution in [0.4, 0.5) is 0 Å². The van der Waals surface area contributed by atoms with Crippen LogP contribution >= 0.6 is 0 Å². The van der Waals surface area contributed by atoms with Crippen LogP contribution in [0, 0.1) is 40.4 Å². The molecule has 1 nitrogen and oxygen atoms in total. The Morgan fingerprint density at radius 1 is 0.952 bits per heavy atom. The quantitative estimate of drug-likeness (QED) is 0.702. The molecule has 0 amide bonds. The van der Waals surface area contributed by atoms with E-state index in [4.69, 9.17) is 5.73 Å². The van der Waals surface area contributed by atoms with E-state index in [1.165, 1.54) is 51.4 Å². The lowest BCUT2D eigenvalue weighted by molar-refractivity contribution is -0.0708. The first kappa shape index (κ1) is 15.8. The normalized spacial score (nSPS) is 49.9. The Bertz CT molecular complexity index is 374. The molecule has 3 fully saturated rings. The van der Waals surface area contributed by atoms with Gasteiger partial charge in [-0.05, 0) is 85.5 Å². The Morgan fingerprint density at radius 3 is 2.43 bits per heavy atom. The Hall–Kier alpha value is -0.0400. The molecule has 0 spiro atoms. The standard InChI is InChI=1S/C20H37N/c1-14-6-5-10-20(4)11-9-17-15(13-21)7-8-16(12-18(14)20)19(17,2)3/h14-18H,5-13,21H2,1-4H3/t14-,15+,16+,17+,18-,20+/m1/s1. The fraction of sp³-hybridized carbons (Fsp3) is 1.00. The summed E-state index contributed by atoms with van der Waals surface area (Å²) in [6, 6.07) is 0. The first-order chi connectivity index (χ1) is 9.88. The molecule has 3 aliphatic carbocycles. The van der Waals surface area contributed by atoms with Crippen LogP contribution < -0.4 is 5.73 Å². The van der Waals surface area contributed by atoms with E-state index in [9.17, 15) is 0 Å². The smallest absolute Gasteiger partial charge is 0.00460 e. The largest absolute Gasteiger partial charge is 0.330 e. The van der Waals surface area contributed by atoms with Crippen LogP contribution in [-0.4, -0.2) is 6.54 Å². The first-order valence-corrected chi connectivity index (χ1v) is 9.58. The van der Waals surface area contributed by atoms with E-state index >= 15 is 0 Å². The minimum absolute atomic E-state index is 0.515. The number of nitrogens with two attached hydrogens (primary N) is 1. The molecule has 0 radical (unpaired) electrons. The molecule has 21 heavy (non-hydrogen) atoms. The lowest BCUT2D eigenvalue weighted by atomic mass is 9.48. The predicted octanol–water partition coefficient (Wildman–Crippen LogP) is 5.24. The maximum Gasteiger partial charge on any atom is -0.00460 e. The van der Waals surface area contributed by atoms with Crippen molar-refractivity contribution in [3.8, 4) is 0 Å². The van der Waals surface area contributed by atoms with Crippen LogP contribution in [0.15, 0.2) is 0 Å². The molecule has 3 rings (SSSR count). The van der Waals surface area contributed by atoms with Gasteiger partial charge in [-0.15, -0.1) is 0 Å². The van der Waals surface area contributed by atoms with Crippen molar-refractivity contribution in [3.05, 3.63) is 0 Å². The minimum atomic E-state index is 0.515. The van der Waals surface area contributed by atoms with Gasteiger partial charge in [-0.3, -0.25) is 0 Å². The zero-order chi connectivity index (χ0) is 15.3. The molecule has 0 heterocycles. The maximum atomic E-state index is 6.14. The Morgan fingerprint density at radius 2 is 1.71 bits per heavy atom. The minimum Gasteiger partial charge on any atom is -0.330 e. The summed E-state index contributed by atoms with van der Waals surface area (Å²) < 4.78 is 0. The number of hydrogen-bond acceptors (Lipinski definition) is 1. The second kappa shape index (κ2) is 5.55. The molecule has 0 aromatic carbocycles. The Kier molecular flexibility index (Phi) is 4.19. The highest BCUT2D eigenvalue weighted by Gasteiger charge is 2.51. The molecular formula is C20H37N. The van der Waals surface area contributed by atoms with E-state index in [0.717, 1.165) is 36.1 Å². The van der Waals surface area contributed by atoms with Gasteiger partial charge in [0.2, 0.25) is 0 Å². The Labute approximate surface area is 132 Å². The van der Waals surface area contributed by atoms with Crippen molar-refractivity contribution in [3.63, 3.8) is 0 Å². The summed E-state index contributed by atoms with van der Waals surface area (Å²) in [4.78, 5) is 0. The number of fused-ring (bicyclic) bond motifs is 3. The summed E-state index contributed by atoms with van der Waals surface area (Å²) in [5.41, 5.74) is 7.28. The predicted molar refractivity (Wildman–Crippen MR) is 91.0 cm³/mol. The van der Waals surface area contributed by atoms with Gasteiger partial charge in [0, 0.05) is 0 Å². The second-order valence-corrected chi connectivity index (χ2v) is 9.60. The fourth-order valence-electron chi connectivity index (χ4n) is 6.73. The lowest BCUT2D eigenvalue weighted by Gasteiger charge is -2.57. The molecule has 0 unspecified atom stereocenters. The van der Waals surface area contributed by atoms with Crippen molar-refractivity contribution in [2.75, 3.05) is 6.54 Å². The molecule has 3 aliphatic rings.